The molecule has 0 aliphatic carbocycles. The highest BCUT2D eigenvalue weighted by atomic mass is 35.5. The van der Waals surface area contributed by atoms with Crippen LogP contribution in [0.15, 0.2) is 54.6 Å². The van der Waals surface area contributed by atoms with E-state index in [1.165, 1.54) is 0 Å². The molecule has 2 N–H and O–H groups in total. The van der Waals surface area contributed by atoms with Crippen LogP contribution in [0.2, 0.25) is 10.0 Å². The Hall–Kier alpha value is -2.89. The molecule has 0 aliphatic heterocycles. The van der Waals surface area contributed by atoms with Gasteiger partial charge in [-0.1, -0.05) is 41.4 Å². The predicted octanol–water partition coefficient (Wildman–Crippen LogP) is 6.64. The van der Waals surface area contributed by atoms with E-state index in [2.05, 4.69) is 10.6 Å². The highest BCUT2D eigenvalue weighted by Gasteiger charge is 2.11. The maximum absolute atomic E-state index is 12.3. The number of benzene rings is 3. The van der Waals surface area contributed by atoms with Crippen molar-refractivity contribution >= 4 is 40.5 Å². The van der Waals surface area contributed by atoms with Gasteiger partial charge in [0.2, 0.25) is 0 Å². The van der Waals surface area contributed by atoms with Gasteiger partial charge in [-0.15, -0.1) is 0 Å². The molecule has 7 heteroatoms. The van der Waals surface area contributed by atoms with E-state index < -0.39 is 0 Å². The molecule has 32 heavy (non-hydrogen) atoms. The molecule has 0 heterocycles. The van der Waals surface area contributed by atoms with Crippen molar-refractivity contribution in [2.45, 2.75) is 27.3 Å². The number of nitrogens with one attached hydrogen (secondary N) is 2. The van der Waals surface area contributed by atoms with Crippen molar-refractivity contribution < 1.29 is 14.3 Å². The van der Waals surface area contributed by atoms with Crippen LogP contribution in [0.25, 0.3) is 0 Å². The summed E-state index contributed by atoms with van der Waals surface area (Å²) < 4.78 is 11.5. The molecule has 0 fully saturated rings. The Balaban J connectivity index is 1.62. The zero-order chi connectivity index (χ0) is 23.1. The van der Waals surface area contributed by atoms with E-state index in [0.29, 0.717) is 35.4 Å². The summed E-state index contributed by atoms with van der Waals surface area (Å²) in [4.78, 5) is 12.3. The van der Waals surface area contributed by atoms with Gasteiger partial charge in [0.15, 0.2) is 18.1 Å². The van der Waals surface area contributed by atoms with E-state index in [0.717, 1.165) is 27.4 Å². The van der Waals surface area contributed by atoms with Gasteiger partial charge in [0, 0.05) is 28.0 Å². The zero-order valence-electron chi connectivity index (χ0n) is 18.3. The van der Waals surface area contributed by atoms with Gasteiger partial charge in [-0.05, 0) is 73.9 Å². The summed E-state index contributed by atoms with van der Waals surface area (Å²) in [6.07, 6.45) is 0. The number of rotatable bonds is 9. The molecule has 168 valence electrons. The summed E-state index contributed by atoms with van der Waals surface area (Å²) in [5.41, 5.74) is 4.56. The number of halogens is 2. The normalized spacial score (nSPS) is 10.5. The maximum atomic E-state index is 12.3. The third kappa shape index (κ3) is 6.31. The standard InChI is InChI=1S/C25H26Cl2N2O3/c1-4-31-24-12-18(14-28-22-7-5-6-20(26)17(22)3)9-11-23(24)32-15-25(30)29-19-10-8-16(2)21(27)13-19/h5-13,28H,4,14-15H2,1-3H3,(H,29,30). The first-order chi connectivity index (χ1) is 15.4. The van der Waals surface area contributed by atoms with Crippen molar-refractivity contribution in [1.29, 1.82) is 0 Å². The van der Waals surface area contributed by atoms with Gasteiger partial charge in [0.25, 0.3) is 5.91 Å². The molecule has 0 saturated carbocycles. The number of ether oxygens (including phenoxy) is 2. The number of hydrogen-bond donors (Lipinski definition) is 2. The number of aryl methyl sites for hydroxylation is 1. The van der Waals surface area contributed by atoms with E-state index in [1.54, 1.807) is 12.1 Å². The lowest BCUT2D eigenvalue weighted by Gasteiger charge is -2.15. The van der Waals surface area contributed by atoms with Gasteiger partial charge in [-0.3, -0.25) is 4.79 Å². The first-order valence-electron chi connectivity index (χ1n) is 10.3. The molecule has 0 aliphatic rings. The Labute approximate surface area is 198 Å². The first-order valence-corrected chi connectivity index (χ1v) is 11.1. The minimum Gasteiger partial charge on any atom is -0.490 e. The second-order valence-electron chi connectivity index (χ2n) is 7.28. The van der Waals surface area contributed by atoms with Crippen LogP contribution >= 0.6 is 23.2 Å². The van der Waals surface area contributed by atoms with E-state index >= 15 is 0 Å². The average Bonchev–Trinajstić information content (AvgIpc) is 2.77. The Kier molecular flexibility index (Phi) is 8.26. The summed E-state index contributed by atoms with van der Waals surface area (Å²) >= 11 is 12.3. The van der Waals surface area contributed by atoms with E-state index in [9.17, 15) is 4.79 Å². The summed E-state index contributed by atoms with van der Waals surface area (Å²) in [6.45, 7) is 6.71. The molecule has 0 spiro atoms. The van der Waals surface area contributed by atoms with Crippen LogP contribution in [0.4, 0.5) is 11.4 Å². The fraction of sp³-hybridized carbons (Fsp3) is 0.240. The van der Waals surface area contributed by atoms with Crippen LogP contribution in [0.3, 0.4) is 0 Å². The molecule has 5 nitrogen and oxygen atoms in total. The minimum atomic E-state index is -0.283. The number of carbonyl (C=O) groups is 1. The van der Waals surface area contributed by atoms with Crippen LogP contribution in [0, 0.1) is 13.8 Å². The van der Waals surface area contributed by atoms with Gasteiger partial charge >= 0.3 is 0 Å². The van der Waals surface area contributed by atoms with Gasteiger partial charge in [0.05, 0.1) is 6.61 Å². The summed E-state index contributed by atoms with van der Waals surface area (Å²) in [5.74, 6) is 0.807. The van der Waals surface area contributed by atoms with Crippen LogP contribution in [0.1, 0.15) is 23.6 Å². The molecule has 0 bridgehead atoms. The highest BCUT2D eigenvalue weighted by Crippen LogP contribution is 2.30. The van der Waals surface area contributed by atoms with Crippen molar-refractivity contribution in [3.8, 4) is 11.5 Å². The van der Waals surface area contributed by atoms with Crippen LogP contribution in [-0.2, 0) is 11.3 Å². The van der Waals surface area contributed by atoms with Gasteiger partial charge < -0.3 is 20.1 Å². The molecule has 0 saturated heterocycles. The largest absolute Gasteiger partial charge is 0.490 e. The van der Waals surface area contributed by atoms with Gasteiger partial charge in [0.1, 0.15) is 0 Å². The van der Waals surface area contributed by atoms with Crippen molar-refractivity contribution in [3.05, 3.63) is 81.3 Å². The van der Waals surface area contributed by atoms with Crippen molar-refractivity contribution in [2.75, 3.05) is 23.8 Å². The summed E-state index contributed by atoms with van der Waals surface area (Å²) in [7, 11) is 0. The Morgan fingerprint density at radius 3 is 2.50 bits per heavy atom. The third-order valence-electron chi connectivity index (χ3n) is 4.87. The lowest BCUT2D eigenvalue weighted by molar-refractivity contribution is -0.118. The number of anilines is 2. The molecule has 1 amide bonds. The third-order valence-corrected chi connectivity index (χ3v) is 5.69. The Morgan fingerprint density at radius 2 is 1.75 bits per heavy atom. The second kappa shape index (κ2) is 11.1. The molecule has 3 rings (SSSR count). The fourth-order valence-electron chi connectivity index (χ4n) is 3.06. The average molecular weight is 473 g/mol. The summed E-state index contributed by atoms with van der Waals surface area (Å²) in [6, 6.07) is 16.8. The molecule has 0 aromatic heterocycles. The number of amides is 1. The number of hydrogen-bond acceptors (Lipinski definition) is 4. The lowest BCUT2D eigenvalue weighted by atomic mass is 10.1. The molecule has 3 aromatic carbocycles. The van der Waals surface area contributed by atoms with Crippen LogP contribution in [-0.4, -0.2) is 19.1 Å². The zero-order valence-corrected chi connectivity index (χ0v) is 19.8. The lowest BCUT2D eigenvalue weighted by Crippen LogP contribution is -2.20. The van der Waals surface area contributed by atoms with E-state index in [1.807, 2.05) is 63.2 Å². The second-order valence-corrected chi connectivity index (χ2v) is 8.10. The van der Waals surface area contributed by atoms with Gasteiger partial charge in [-0.2, -0.15) is 0 Å². The smallest absolute Gasteiger partial charge is 0.262 e. The number of carbonyl (C=O) groups excluding carboxylic acids is 1. The molecule has 3 aromatic rings. The highest BCUT2D eigenvalue weighted by molar-refractivity contribution is 6.32. The predicted molar refractivity (Wildman–Crippen MR) is 131 cm³/mol. The molecule has 0 unspecified atom stereocenters. The molecule has 0 atom stereocenters. The van der Waals surface area contributed by atoms with Crippen LogP contribution < -0.4 is 20.1 Å². The van der Waals surface area contributed by atoms with Crippen molar-refractivity contribution in [2.24, 2.45) is 0 Å². The van der Waals surface area contributed by atoms with E-state index in [4.69, 9.17) is 32.7 Å². The molecular formula is C25H26Cl2N2O3. The van der Waals surface area contributed by atoms with E-state index in [-0.39, 0.29) is 12.5 Å². The van der Waals surface area contributed by atoms with Crippen molar-refractivity contribution in [1.82, 2.24) is 0 Å². The monoisotopic (exact) mass is 472 g/mol. The first kappa shape index (κ1) is 23.8. The Bertz CT molecular complexity index is 1100. The topological polar surface area (TPSA) is 59.6 Å². The molecular weight excluding hydrogens is 447 g/mol. The van der Waals surface area contributed by atoms with Gasteiger partial charge in [-0.25, -0.2) is 0 Å². The summed E-state index contributed by atoms with van der Waals surface area (Å²) in [5, 5.41) is 7.49. The van der Waals surface area contributed by atoms with Crippen molar-refractivity contribution in [3.63, 3.8) is 0 Å². The fourth-order valence-corrected chi connectivity index (χ4v) is 3.41. The minimum absolute atomic E-state index is 0.148. The SMILES string of the molecule is CCOc1cc(CNc2cccc(Cl)c2C)ccc1OCC(=O)Nc1ccc(C)c(Cl)c1. The Morgan fingerprint density at radius 1 is 0.938 bits per heavy atom. The molecule has 0 radical (unpaired) electrons. The van der Waals surface area contributed by atoms with Crippen LogP contribution in [0.5, 0.6) is 11.5 Å². The quantitative estimate of drug-likeness (QED) is 0.366. The maximum Gasteiger partial charge on any atom is 0.262 e.